The van der Waals surface area contributed by atoms with E-state index in [4.69, 9.17) is 0 Å². The molecule has 0 amide bonds. The van der Waals surface area contributed by atoms with E-state index in [1.54, 1.807) is 0 Å². The van der Waals surface area contributed by atoms with Crippen LogP contribution in [-0.2, 0) is 0 Å². The predicted molar refractivity (Wildman–Crippen MR) is 51.4 cm³/mol. The first kappa shape index (κ1) is 8.72. The van der Waals surface area contributed by atoms with Gasteiger partial charge in [0.05, 0.1) is 6.04 Å². The van der Waals surface area contributed by atoms with Gasteiger partial charge in [-0.05, 0) is 6.54 Å². The molecular formula is C9H16N4. The molecule has 0 spiro atoms. The van der Waals surface area contributed by atoms with Gasteiger partial charge in [0.15, 0.2) is 0 Å². The summed E-state index contributed by atoms with van der Waals surface area (Å²) in [5, 5.41) is 3.39. The molecule has 0 bridgehead atoms. The van der Waals surface area contributed by atoms with E-state index in [9.17, 15) is 0 Å². The zero-order valence-electron chi connectivity index (χ0n) is 7.95. The molecule has 1 aromatic rings. The Morgan fingerprint density at radius 3 is 3.31 bits per heavy atom. The molecule has 13 heavy (non-hydrogen) atoms. The first-order valence-corrected chi connectivity index (χ1v) is 4.86. The number of nitrogens with zero attached hydrogens (tertiary/aromatic N) is 2. The lowest BCUT2D eigenvalue weighted by molar-refractivity contribution is 0.164. The standard InChI is InChI=1S/C9H16N4/c1-2-13-6-5-10-7-8(13)9-11-3-4-12-9/h3-4,8,10H,2,5-7H2,1H3,(H,11,12)/t8-/m1/s1. The Morgan fingerprint density at radius 1 is 1.69 bits per heavy atom. The molecule has 2 heterocycles. The van der Waals surface area contributed by atoms with E-state index in [1.807, 2.05) is 12.4 Å². The maximum atomic E-state index is 4.30. The number of hydrogen-bond donors (Lipinski definition) is 2. The fraction of sp³-hybridized carbons (Fsp3) is 0.667. The molecule has 0 aromatic carbocycles. The zero-order valence-corrected chi connectivity index (χ0v) is 7.95. The number of aromatic nitrogens is 2. The Labute approximate surface area is 78.4 Å². The predicted octanol–water partition coefficient (Wildman–Crippen LogP) is 0.376. The molecular weight excluding hydrogens is 164 g/mol. The lowest BCUT2D eigenvalue weighted by atomic mass is 10.2. The fourth-order valence-corrected chi connectivity index (χ4v) is 1.85. The molecule has 4 nitrogen and oxygen atoms in total. The van der Waals surface area contributed by atoms with Crippen molar-refractivity contribution < 1.29 is 0 Å². The molecule has 2 rings (SSSR count). The van der Waals surface area contributed by atoms with Crippen LogP contribution in [0.5, 0.6) is 0 Å². The van der Waals surface area contributed by atoms with E-state index in [2.05, 4.69) is 27.1 Å². The summed E-state index contributed by atoms with van der Waals surface area (Å²) in [7, 11) is 0. The van der Waals surface area contributed by atoms with Crippen molar-refractivity contribution in [2.24, 2.45) is 0 Å². The highest BCUT2D eigenvalue weighted by atomic mass is 15.2. The van der Waals surface area contributed by atoms with Gasteiger partial charge in [0.1, 0.15) is 5.82 Å². The molecule has 0 radical (unpaired) electrons. The third kappa shape index (κ3) is 1.73. The van der Waals surface area contributed by atoms with E-state index in [0.29, 0.717) is 6.04 Å². The van der Waals surface area contributed by atoms with Crippen molar-refractivity contribution in [3.05, 3.63) is 18.2 Å². The number of nitrogens with one attached hydrogen (secondary N) is 2. The van der Waals surface area contributed by atoms with Crippen molar-refractivity contribution >= 4 is 0 Å². The second-order valence-corrected chi connectivity index (χ2v) is 3.32. The molecule has 1 aliphatic rings. The zero-order chi connectivity index (χ0) is 9.10. The molecule has 2 N–H and O–H groups in total. The minimum absolute atomic E-state index is 0.425. The average molecular weight is 180 g/mol. The van der Waals surface area contributed by atoms with Crippen molar-refractivity contribution in [3.63, 3.8) is 0 Å². The van der Waals surface area contributed by atoms with Gasteiger partial charge in [-0.15, -0.1) is 0 Å². The summed E-state index contributed by atoms with van der Waals surface area (Å²) in [4.78, 5) is 9.92. The number of imidazole rings is 1. The SMILES string of the molecule is CCN1CCNC[C@@H]1c1ncc[nH]1. The van der Waals surface area contributed by atoms with E-state index >= 15 is 0 Å². The summed E-state index contributed by atoms with van der Waals surface area (Å²) < 4.78 is 0. The first-order chi connectivity index (χ1) is 6.42. The highest BCUT2D eigenvalue weighted by molar-refractivity contribution is 4.99. The Balaban J connectivity index is 2.11. The van der Waals surface area contributed by atoms with Gasteiger partial charge in [-0.3, -0.25) is 4.90 Å². The van der Waals surface area contributed by atoms with Crippen LogP contribution in [0.25, 0.3) is 0 Å². The Bertz CT molecular complexity index is 244. The molecule has 1 fully saturated rings. The molecule has 0 saturated carbocycles. The second-order valence-electron chi connectivity index (χ2n) is 3.32. The van der Waals surface area contributed by atoms with Crippen LogP contribution in [0.1, 0.15) is 18.8 Å². The highest BCUT2D eigenvalue weighted by Gasteiger charge is 2.23. The van der Waals surface area contributed by atoms with Gasteiger partial charge in [-0.2, -0.15) is 0 Å². The Hall–Kier alpha value is -0.870. The number of rotatable bonds is 2. The van der Waals surface area contributed by atoms with Gasteiger partial charge < -0.3 is 10.3 Å². The molecule has 4 heteroatoms. The van der Waals surface area contributed by atoms with Gasteiger partial charge in [0, 0.05) is 32.0 Å². The molecule has 1 saturated heterocycles. The van der Waals surface area contributed by atoms with Gasteiger partial charge in [0.25, 0.3) is 0 Å². The third-order valence-electron chi connectivity index (χ3n) is 2.60. The van der Waals surface area contributed by atoms with Crippen LogP contribution >= 0.6 is 0 Å². The summed E-state index contributed by atoms with van der Waals surface area (Å²) in [5.74, 6) is 1.08. The minimum atomic E-state index is 0.425. The van der Waals surface area contributed by atoms with Gasteiger partial charge in [0.2, 0.25) is 0 Å². The van der Waals surface area contributed by atoms with E-state index in [1.165, 1.54) is 0 Å². The van der Waals surface area contributed by atoms with Crippen molar-refractivity contribution in [3.8, 4) is 0 Å². The number of likely N-dealkylation sites (N-methyl/N-ethyl adjacent to an activating group) is 1. The van der Waals surface area contributed by atoms with Crippen molar-refractivity contribution in [2.45, 2.75) is 13.0 Å². The molecule has 1 aliphatic heterocycles. The van der Waals surface area contributed by atoms with E-state index in [-0.39, 0.29) is 0 Å². The number of piperazine rings is 1. The van der Waals surface area contributed by atoms with Gasteiger partial charge in [-0.25, -0.2) is 4.98 Å². The fourth-order valence-electron chi connectivity index (χ4n) is 1.85. The van der Waals surface area contributed by atoms with Crippen LogP contribution in [0, 0.1) is 0 Å². The smallest absolute Gasteiger partial charge is 0.124 e. The van der Waals surface area contributed by atoms with Crippen LogP contribution in [0.2, 0.25) is 0 Å². The highest BCUT2D eigenvalue weighted by Crippen LogP contribution is 2.17. The average Bonchev–Trinajstić information content (AvgIpc) is 2.70. The lowest BCUT2D eigenvalue weighted by Crippen LogP contribution is -2.46. The van der Waals surface area contributed by atoms with Crippen molar-refractivity contribution in [2.75, 3.05) is 26.2 Å². The van der Waals surface area contributed by atoms with Gasteiger partial charge in [-0.1, -0.05) is 6.92 Å². The van der Waals surface area contributed by atoms with E-state index < -0.39 is 0 Å². The monoisotopic (exact) mass is 180 g/mol. The van der Waals surface area contributed by atoms with Crippen LogP contribution in [0.3, 0.4) is 0 Å². The maximum Gasteiger partial charge on any atom is 0.124 e. The normalized spacial score (nSPS) is 24.8. The molecule has 0 aliphatic carbocycles. The number of hydrogen-bond acceptors (Lipinski definition) is 3. The maximum absolute atomic E-state index is 4.30. The summed E-state index contributed by atoms with van der Waals surface area (Å²) in [6.45, 7) is 6.49. The summed E-state index contributed by atoms with van der Waals surface area (Å²) in [6.07, 6.45) is 3.70. The van der Waals surface area contributed by atoms with E-state index in [0.717, 1.165) is 32.0 Å². The van der Waals surface area contributed by atoms with Crippen LogP contribution in [-0.4, -0.2) is 41.0 Å². The van der Waals surface area contributed by atoms with Crippen molar-refractivity contribution in [1.29, 1.82) is 0 Å². The lowest BCUT2D eigenvalue weighted by Gasteiger charge is -2.33. The quantitative estimate of drug-likeness (QED) is 0.691. The van der Waals surface area contributed by atoms with Crippen LogP contribution < -0.4 is 5.32 Å². The molecule has 72 valence electrons. The Morgan fingerprint density at radius 2 is 2.62 bits per heavy atom. The topological polar surface area (TPSA) is 44.0 Å². The van der Waals surface area contributed by atoms with Gasteiger partial charge >= 0.3 is 0 Å². The number of aromatic amines is 1. The largest absolute Gasteiger partial charge is 0.347 e. The molecule has 0 unspecified atom stereocenters. The Kier molecular flexibility index (Phi) is 2.61. The van der Waals surface area contributed by atoms with Crippen LogP contribution in [0.15, 0.2) is 12.4 Å². The third-order valence-corrected chi connectivity index (χ3v) is 2.60. The summed E-state index contributed by atoms with van der Waals surface area (Å²) >= 11 is 0. The molecule has 1 aromatic heterocycles. The summed E-state index contributed by atoms with van der Waals surface area (Å²) in [5.41, 5.74) is 0. The van der Waals surface area contributed by atoms with Crippen molar-refractivity contribution in [1.82, 2.24) is 20.2 Å². The minimum Gasteiger partial charge on any atom is -0.347 e. The summed E-state index contributed by atoms with van der Waals surface area (Å²) in [6, 6.07) is 0.425. The number of H-pyrrole nitrogens is 1. The second kappa shape index (κ2) is 3.89. The molecule has 1 atom stereocenters. The first-order valence-electron chi connectivity index (χ1n) is 4.86. The van der Waals surface area contributed by atoms with Crippen LogP contribution in [0.4, 0.5) is 0 Å².